The third kappa shape index (κ3) is 2.36. The first kappa shape index (κ1) is 10.6. The zero-order chi connectivity index (χ0) is 10.7. The maximum Gasteiger partial charge on any atom is 0.191 e. The summed E-state index contributed by atoms with van der Waals surface area (Å²) < 4.78 is 24.1. The molecule has 1 heterocycles. The van der Waals surface area contributed by atoms with Gasteiger partial charge in [-0.3, -0.25) is 0 Å². The van der Waals surface area contributed by atoms with Gasteiger partial charge in [-0.05, 0) is 31.9 Å². The van der Waals surface area contributed by atoms with Gasteiger partial charge in [0.05, 0.1) is 13.2 Å². The van der Waals surface area contributed by atoms with Crippen LogP contribution in [0.2, 0.25) is 0 Å². The van der Waals surface area contributed by atoms with E-state index in [1.807, 2.05) is 6.92 Å². The maximum atomic E-state index is 12.8. The number of halogens is 1. The summed E-state index contributed by atoms with van der Waals surface area (Å²) in [5, 5.41) is 0. The summed E-state index contributed by atoms with van der Waals surface area (Å²) in [6.45, 7) is 3.26. The van der Waals surface area contributed by atoms with Gasteiger partial charge in [0.2, 0.25) is 0 Å². The summed E-state index contributed by atoms with van der Waals surface area (Å²) in [5.74, 6) is -0.958. The molecule has 0 radical (unpaired) electrons. The van der Waals surface area contributed by atoms with Crippen molar-refractivity contribution in [2.45, 2.75) is 25.6 Å². The van der Waals surface area contributed by atoms with Gasteiger partial charge in [0.15, 0.2) is 5.79 Å². The second-order valence-electron chi connectivity index (χ2n) is 3.86. The molecule has 1 saturated heterocycles. The van der Waals surface area contributed by atoms with Crippen LogP contribution in [-0.4, -0.2) is 13.2 Å². The summed E-state index contributed by atoms with van der Waals surface area (Å²) in [6, 6.07) is 6.28. The van der Waals surface area contributed by atoms with Gasteiger partial charge < -0.3 is 9.47 Å². The fraction of sp³-hybridized carbons (Fsp3) is 0.500. The topological polar surface area (TPSA) is 18.5 Å². The first-order valence-electron chi connectivity index (χ1n) is 5.25. The summed E-state index contributed by atoms with van der Waals surface area (Å²) in [6.07, 6.45) is 2.02. The molecule has 0 aromatic heterocycles. The van der Waals surface area contributed by atoms with Gasteiger partial charge in [0.1, 0.15) is 5.82 Å². The summed E-state index contributed by atoms with van der Waals surface area (Å²) in [7, 11) is 0. The second-order valence-corrected chi connectivity index (χ2v) is 3.86. The third-order valence-corrected chi connectivity index (χ3v) is 2.66. The molecule has 0 N–H and O–H groups in total. The van der Waals surface area contributed by atoms with E-state index in [-0.39, 0.29) is 5.82 Å². The Bertz CT molecular complexity index is 313. The molecule has 0 spiro atoms. The predicted molar refractivity (Wildman–Crippen MR) is 54.9 cm³/mol. The molecule has 1 aliphatic rings. The van der Waals surface area contributed by atoms with E-state index in [2.05, 4.69) is 0 Å². The molecule has 2 nitrogen and oxygen atoms in total. The van der Waals surface area contributed by atoms with E-state index in [9.17, 15) is 4.39 Å². The van der Waals surface area contributed by atoms with Gasteiger partial charge >= 0.3 is 0 Å². The fourth-order valence-corrected chi connectivity index (χ4v) is 1.70. The van der Waals surface area contributed by atoms with E-state index in [0.29, 0.717) is 13.2 Å². The Morgan fingerprint density at radius 1 is 1.07 bits per heavy atom. The van der Waals surface area contributed by atoms with Crippen molar-refractivity contribution in [2.75, 3.05) is 13.2 Å². The average Bonchev–Trinajstić information content (AvgIpc) is 2.45. The molecule has 3 heteroatoms. The van der Waals surface area contributed by atoms with Crippen molar-refractivity contribution in [1.29, 1.82) is 0 Å². The molecule has 82 valence electrons. The second kappa shape index (κ2) is 4.29. The van der Waals surface area contributed by atoms with Crippen LogP contribution >= 0.6 is 0 Å². The zero-order valence-electron chi connectivity index (χ0n) is 8.83. The Balaban J connectivity index is 2.22. The van der Waals surface area contributed by atoms with Crippen LogP contribution in [-0.2, 0) is 15.3 Å². The monoisotopic (exact) mass is 210 g/mol. The lowest BCUT2D eigenvalue weighted by Gasteiger charge is -2.28. The minimum atomic E-state index is -0.718. The summed E-state index contributed by atoms with van der Waals surface area (Å²) in [4.78, 5) is 0. The minimum Gasteiger partial charge on any atom is -0.346 e. The van der Waals surface area contributed by atoms with E-state index in [4.69, 9.17) is 9.47 Å². The van der Waals surface area contributed by atoms with Crippen molar-refractivity contribution in [3.63, 3.8) is 0 Å². The van der Waals surface area contributed by atoms with E-state index in [1.54, 1.807) is 12.1 Å². The molecule has 0 aliphatic carbocycles. The van der Waals surface area contributed by atoms with Crippen LogP contribution in [0.1, 0.15) is 25.3 Å². The number of ether oxygens (including phenoxy) is 2. The van der Waals surface area contributed by atoms with Crippen molar-refractivity contribution in [2.24, 2.45) is 0 Å². The molecule has 1 aromatic rings. The predicted octanol–water partition coefficient (Wildman–Crippen LogP) is 2.83. The highest BCUT2D eigenvalue weighted by molar-refractivity contribution is 5.20. The van der Waals surface area contributed by atoms with E-state index < -0.39 is 5.79 Å². The van der Waals surface area contributed by atoms with Crippen LogP contribution in [0, 0.1) is 5.82 Å². The van der Waals surface area contributed by atoms with Crippen molar-refractivity contribution >= 4 is 0 Å². The Morgan fingerprint density at radius 3 is 2.13 bits per heavy atom. The van der Waals surface area contributed by atoms with Crippen molar-refractivity contribution < 1.29 is 13.9 Å². The molecule has 1 fully saturated rings. The Morgan fingerprint density at radius 2 is 1.60 bits per heavy atom. The standard InChI is InChI=1S/C12H15FO2/c1-12(14-8-2-3-9-15-12)10-4-6-11(13)7-5-10/h4-7H,2-3,8-9H2,1H3. The largest absolute Gasteiger partial charge is 0.346 e. The van der Waals surface area contributed by atoms with Crippen LogP contribution in [0.3, 0.4) is 0 Å². The molecule has 0 atom stereocenters. The molecule has 0 saturated carbocycles. The van der Waals surface area contributed by atoms with Crippen molar-refractivity contribution in [3.05, 3.63) is 35.6 Å². The van der Waals surface area contributed by atoms with Gasteiger partial charge in [-0.25, -0.2) is 4.39 Å². The lowest BCUT2D eigenvalue weighted by atomic mass is 10.1. The molecule has 1 aliphatic heterocycles. The molecular weight excluding hydrogens is 195 g/mol. The van der Waals surface area contributed by atoms with Crippen LogP contribution in [0.25, 0.3) is 0 Å². The molecule has 2 rings (SSSR count). The Kier molecular flexibility index (Phi) is 3.03. The van der Waals surface area contributed by atoms with E-state index in [0.717, 1.165) is 18.4 Å². The normalized spacial score (nSPS) is 20.9. The smallest absolute Gasteiger partial charge is 0.191 e. The molecule has 0 bridgehead atoms. The Hall–Kier alpha value is -0.930. The third-order valence-electron chi connectivity index (χ3n) is 2.66. The highest BCUT2D eigenvalue weighted by atomic mass is 19.1. The van der Waals surface area contributed by atoms with Gasteiger partial charge in [0.25, 0.3) is 0 Å². The van der Waals surface area contributed by atoms with Crippen LogP contribution < -0.4 is 0 Å². The minimum absolute atomic E-state index is 0.240. The number of hydrogen-bond donors (Lipinski definition) is 0. The molecular formula is C12H15FO2. The number of hydrogen-bond acceptors (Lipinski definition) is 2. The first-order valence-corrected chi connectivity index (χ1v) is 5.25. The SMILES string of the molecule is CC1(c2ccc(F)cc2)OCCCCO1. The first-order chi connectivity index (χ1) is 7.21. The lowest BCUT2D eigenvalue weighted by Crippen LogP contribution is -2.28. The number of benzene rings is 1. The van der Waals surface area contributed by atoms with E-state index in [1.165, 1.54) is 12.1 Å². The molecule has 1 aromatic carbocycles. The lowest BCUT2D eigenvalue weighted by molar-refractivity contribution is -0.221. The van der Waals surface area contributed by atoms with Crippen molar-refractivity contribution in [3.8, 4) is 0 Å². The van der Waals surface area contributed by atoms with Crippen LogP contribution in [0.15, 0.2) is 24.3 Å². The molecule has 15 heavy (non-hydrogen) atoms. The van der Waals surface area contributed by atoms with Gasteiger partial charge in [-0.2, -0.15) is 0 Å². The summed E-state index contributed by atoms with van der Waals surface area (Å²) in [5.41, 5.74) is 0.866. The van der Waals surface area contributed by atoms with Gasteiger partial charge in [-0.15, -0.1) is 0 Å². The highest BCUT2D eigenvalue weighted by Gasteiger charge is 2.29. The quantitative estimate of drug-likeness (QED) is 0.709. The van der Waals surface area contributed by atoms with Crippen molar-refractivity contribution in [1.82, 2.24) is 0 Å². The molecule has 0 amide bonds. The number of rotatable bonds is 1. The maximum absolute atomic E-state index is 12.8. The highest BCUT2D eigenvalue weighted by Crippen LogP contribution is 2.29. The van der Waals surface area contributed by atoms with Gasteiger partial charge in [0, 0.05) is 5.56 Å². The average molecular weight is 210 g/mol. The molecule has 0 unspecified atom stereocenters. The van der Waals surface area contributed by atoms with Crippen LogP contribution in [0.5, 0.6) is 0 Å². The van der Waals surface area contributed by atoms with Gasteiger partial charge in [-0.1, -0.05) is 12.1 Å². The summed E-state index contributed by atoms with van der Waals surface area (Å²) >= 11 is 0. The van der Waals surface area contributed by atoms with E-state index >= 15 is 0 Å². The fourth-order valence-electron chi connectivity index (χ4n) is 1.70. The Labute approximate surface area is 89.0 Å². The van der Waals surface area contributed by atoms with Crippen LogP contribution in [0.4, 0.5) is 4.39 Å². The zero-order valence-corrected chi connectivity index (χ0v) is 8.83.